The first-order valence-corrected chi connectivity index (χ1v) is 12.3. The van der Waals surface area contributed by atoms with Crippen molar-refractivity contribution in [2.45, 2.75) is 44.8 Å². The van der Waals surface area contributed by atoms with Crippen LogP contribution in [0.3, 0.4) is 0 Å². The van der Waals surface area contributed by atoms with Crippen LogP contribution in [-0.4, -0.2) is 71.3 Å². The summed E-state index contributed by atoms with van der Waals surface area (Å²) in [5.74, 6) is -0.648. The number of alkyl halides is 3. The minimum atomic E-state index is -4.98. The van der Waals surface area contributed by atoms with Crippen molar-refractivity contribution in [2.24, 2.45) is 0 Å². The molecule has 4 heterocycles. The number of hydrogen-bond donors (Lipinski definition) is 0. The number of amides is 1. The van der Waals surface area contributed by atoms with Crippen molar-refractivity contribution in [3.63, 3.8) is 0 Å². The number of piperazine rings is 1. The number of hydrogen-bond acceptors (Lipinski definition) is 9. The number of ether oxygens (including phenoxy) is 3. The molecule has 194 valence electrons. The zero-order chi connectivity index (χ0) is 25.8. The molecule has 2 bridgehead atoms. The average molecular weight is 547 g/mol. The minimum absolute atomic E-state index is 0.0691. The van der Waals surface area contributed by atoms with E-state index in [-0.39, 0.29) is 60.5 Å². The molecule has 9 nitrogen and oxygen atoms in total. The van der Waals surface area contributed by atoms with Gasteiger partial charge in [0.25, 0.3) is 6.01 Å². The Morgan fingerprint density at radius 1 is 1.22 bits per heavy atom. The molecule has 2 atom stereocenters. The molecule has 2 fully saturated rings. The number of anilines is 1. The molecule has 0 radical (unpaired) electrons. The van der Waals surface area contributed by atoms with Crippen molar-refractivity contribution in [3.8, 4) is 16.3 Å². The van der Waals surface area contributed by atoms with E-state index < -0.39 is 23.8 Å². The highest BCUT2D eigenvalue weighted by molar-refractivity contribution is 7.13. The fourth-order valence-corrected chi connectivity index (χ4v) is 5.20. The molecule has 3 aromatic rings. The number of thiazole rings is 1. The molecule has 2 aliphatic rings. The number of carbonyl (C=O) groups excluding carboxylic acids is 1. The topological polar surface area (TPSA) is 90.2 Å². The standard InChI is InChI=1S/C22H22ClF3N4O5S/c1-21(2,3)35-20(31)30-11-7-29(8-12(30)10-32-9-11)19-28-15-16(33-19)13(18-27-4-5-36-18)6-14(23)17(15)34-22(24,25)26/h4-6,11-12H,7-10H2,1-3H3. The van der Waals surface area contributed by atoms with Crippen LogP contribution in [0, 0.1) is 0 Å². The van der Waals surface area contributed by atoms with Gasteiger partial charge >= 0.3 is 12.5 Å². The van der Waals surface area contributed by atoms with Crippen LogP contribution in [0.2, 0.25) is 5.02 Å². The minimum Gasteiger partial charge on any atom is -0.444 e. The Kier molecular flexibility index (Phi) is 6.20. The molecule has 36 heavy (non-hydrogen) atoms. The molecule has 0 saturated carbocycles. The lowest BCUT2D eigenvalue weighted by Crippen LogP contribution is -2.66. The van der Waals surface area contributed by atoms with Crippen molar-refractivity contribution in [1.82, 2.24) is 14.9 Å². The molecule has 0 spiro atoms. The summed E-state index contributed by atoms with van der Waals surface area (Å²) in [6.45, 7) is 6.46. The number of halogens is 4. The van der Waals surface area contributed by atoms with Gasteiger partial charge in [-0.3, -0.25) is 4.90 Å². The van der Waals surface area contributed by atoms with E-state index in [1.807, 2.05) is 0 Å². The fraction of sp³-hybridized carbons (Fsp3) is 0.500. The van der Waals surface area contributed by atoms with Crippen LogP contribution in [0.5, 0.6) is 5.75 Å². The SMILES string of the molecule is CC(C)(C)OC(=O)N1C2COCC1CN(c1nc3c(OC(F)(F)F)c(Cl)cc(-c4nccs4)c3o1)C2. The van der Waals surface area contributed by atoms with Gasteiger partial charge in [-0.2, -0.15) is 4.98 Å². The van der Waals surface area contributed by atoms with Gasteiger partial charge in [0.15, 0.2) is 16.8 Å². The van der Waals surface area contributed by atoms with E-state index in [4.69, 9.17) is 25.5 Å². The second-order valence-corrected chi connectivity index (χ2v) is 10.7. The first kappa shape index (κ1) is 24.9. The van der Waals surface area contributed by atoms with E-state index in [1.54, 1.807) is 42.1 Å². The van der Waals surface area contributed by atoms with Gasteiger partial charge < -0.3 is 23.5 Å². The number of carbonyl (C=O) groups is 1. The van der Waals surface area contributed by atoms with Gasteiger partial charge in [-0.25, -0.2) is 9.78 Å². The molecule has 1 aromatic carbocycles. The van der Waals surface area contributed by atoms with E-state index >= 15 is 0 Å². The predicted octanol–water partition coefficient (Wildman–Crippen LogP) is 5.33. The first-order chi connectivity index (χ1) is 16.9. The Balaban J connectivity index is 1.52. The second-order valence-electron chi connectivity index (χ2n) is 9.43. The van der Waals surface area contributed by atoms with Crippen LogP contribution in [0.25, 0.3) is 21.7 Å². The molecule has 14 heteroatoms. The van der Waals surface area contributed by atoms with E-state index in [0.717, 1.165) is 0 Å². The molecule has 2 saturated heterocycles. The van der Waals surface area contributed by atoms with Gasteiger partial charge in [-0.05, 0) is 26.8 Å². The highest BCUT2D eigenvalue weighted by Crippen LogP contribution is 2.44. The number of morpholine rings is 1. The highest BCUT2D eigenvalue weighted by Gasteiger charge is 2.44. The molecular formula is C22H22ClF3N4O5S. The van der Waals surface area contributed by atoms with Gasteiger partial charge in [-0.15, -0.1) is 24.5 Å². The van der Waals surface area contributed by atoms with Gasteiger partial charge in [-0.1, -0.05) is 11.6 Å². The third-order valence-corrected chi connectivity index (χ3v) is 6.68. The van der Waals surface area contributed by atoms with Gasteiger partial charge in [0.1, 0.15) is 10.6 Å². The predicted molar refractivity (Wildman–Crippen MR) is 125 cm³/mol. The molecule has 5 rings (SSSR count). The van der Waals surface area contributed by atoms with Crippen molar-refractivity contribution < 1.29 is 36.6 Å². The number of rotatable bonds is 3. The van der Waals surface area contributed by atoms with Crippen molar-refractivity contribution >= 4 is 46.1 Å². The van der Waals surface area contributed by atoms with E-state index in [2.05, 4.69) is 14.7 Å². The molecular weight excluding hydrogens is 525 g/mol. The van der Waals surface area contributed by atoms with Crippen LogP contribution in [0.4, 0.5) is 24.0 Å². The van der Waals surface area contributed by atoms with E-state index in [0.29, 0.717) is 10.6 Å². The third kappa shape index (κ3) is 4.91. The molecule has 1 amide bonds. The van der Waals surface area contributed by atoms with Crippen LogP contribution in [0.15, 0.2) is 22.1 Å². The third-order valence-electron chi connectivity index (χ3n) is 5.59. The van der Waals surface area contributed by atoms with Crippen molar-refractivity contribution in [1.29, 1.82) is 0 Å². The lowest BCUT2D eigenvalue weighted by atomic mass is 10.1. The molecule has 0 N–H and O–H groups in total. The van der Waals surface area contributed by atoms with Crippen molar-refractivity contribution in [2.75, 3.05) is 31.2 Å². The average Bonchev–Trinajstić information content (AvgIpc) is 3.43. The number of nitrogens with zero attached hydrogens (tertiary/aromatic N) is 4. The Hall–Kier alpha value is -2.77. The Morgan fingerprint density at radius 3 is 2.50 bits per heavy atom. The van der Waals surface area contributed by atoms with Gasteiger partial charge in [0, 0.05) is 24.7 Å². The monoisotopic (exact) mass is 546 g/mol. The number of fused-ring (bicyclic) bond motifs is 3. The summed E-state index contributed by atoms with van der Waals surface area (Å²) < 4.78 is 60.9. The molecule has 0 aliphatic carbocycles. The zero-order valence-corrected chi connectivity index (χ0v) is 21.0. The molecule has 2 aromatic heterocycles. The van der Waals surface area contributed by atoms with Crippen LogP contribution < -0.4 is 9.64 Å². The van der Waals surface area contributed by atoms with E-state index in [1.165, 1.54) is 17.4 Å². The zero-order valence-electron chi connectivity index (χ0n) is 19.5. The maximum absolute atomic E-state index is 13.2. The maximum Gasteiger partial charge on any atom is 0.573 e. The summed E-state index contributed by atoms with van der Waals surface area (Å²) in [5, 5.41) is 1.96. The first-order valence-electron chi connectivity index (χ1n) is 11.0. The number of aromatic nitrogens is 2. The Labute approximate surface area is 212 Å². The van der Waals surface area contributed by atoms with Crippen LogP contribution in [-0.2, 0) is 9.47 Å². The van der Waals surface area contributed by atoms with Crippen LogP contribution >= 0.6 is 22.9 Å². The summed E-state index contributed by atoms with van der Waals surface area (Å²) >= 11 is 7.47. The Bertz CT molecular complexity index is 1260. The summed E-state index contributed by atoms with van der Waals surface area (Å²) in [6.07, 6.45) is -3.86. The summed E-state index contributed by atoms with van der Waals surface area (Å²) in [4.78, 5) is 24.9. The summed E-state index contributed by atoms with van der Waals surface area (Å²) in [7, 11) is 0. The normalized spacial score (nSPS) is 20.6. The number of oxazole rings is 1. The fourth-order valence-electron chi connectivity index (χ4n) is 4.31. The Morgan fingerprint density at radius 2 is 1.92 bits per heavy atom. The quantitative estimate of drug-likeness (QED) is 0.435. The van der Waals surface area contributed by atoms with Crippen LogP contribution in [0.1, 0.15) is 20.8 Å². The van der Waals surface area contributed by atoms with Gasteiger partial charge in [0.05, 0.1) is 35.9 Å². The van der Waals surface area contributed by atoms with Gasteiger partial charge in [0.2, 0.25) is 0 Å². The largest absolute Gasteiger partial charge is 0.573 e. The smallest absolute Gasteiger partial charge is 0.444 e. The second kappa shape index (κ2) is 8.96. The molecule has 2 aliphatic heterocycles. The maximum atomic E-state index is 13.2. The lowest BCUT2D eigenvalue weighted by Gasteiger charge is -2.48. The molecule has 2 unspecified atom stereocenters. The van der Waals surface area contributed by atoms with E-state index in [9.17, 15) is 18.0 Å². The highest BCUT2D eigenvalue weighted by atomic mass is 35.5. The summed E-state index contributed by atoms with van der Waals surface area (Å²) in [6, 6.07) is 0.672. The van der Waals surface area contributed by atoms with Crippen molar-refractivity contribution in [3.05, 3.63) is 22.7 Å². The summed E-state index contributed by atoms with van der Waals surface area (Å²) in [5.41, 5.74) is -0.367. The number of benzene rings is 1. The lowest BCUT2D eigenvalue weighted by molar-refractivity contribution is -0.274.